The standard InChI is InChI=1S/C48H55ClFN9O7S2/c1-47(2)14-12-34(39(29-47)32-4-6-35(49)7-5-32)30-56-18-20-57(21-19-56)36-8-10-38(41(27-36)58-22-25-67(63,51-3)46-43(58)26-33-13-17-52-44(33)54-46)45(60)55-68(64,65)37-9-11-40(42(28-37)59(61)62)53-31-48(50)15-23-66-24-16-48/h4-11,13,17,26-28,53H,12,14-16,18-25,29-31H2,1-3H3,(H,52,54)(H,55,60). The number of nitro benzene ring substituents is 1. The first-order valence-electron chi connectivity index (χ1n) is 22.8. The minimum Gasteiger partial charge on any atom is -0.381 e. The molecule has 3 aliphatic heterocycles. The number of fused-ring (bicyclic) bond motifs is 2. The highest BCUT2D eigenvalue weighted by atomic mass is 35.5. The van der Waals surface area contributed by atoms with Crippen LogP contribution < -0.4 is 19.8 Å². The summed E-state index contributed by atoms with van der Waals surface area (Å²) in [6, 6.07) is 20.2. The first-order chi connectivity index (χ1) is 32.4. The number of rotatable bonds is 12. The van der Waals surface area contributed by atoms with Crippen LogP contribution >= 0.6 is 11.6 Å². The monoisotopic (exact) mass is 987 g/mol. The molecule has 3 aromatic carbocycles. The van der Waals surface area contributed by atoms with Crippen molar-refractivity contribution >= 4 is 82.3 Å². The van der Waals surface area contributed by atoms with E-state index in [4.69, 9.17) is 21.3 Å². The lowest BCUT2D eigenvalue weighted by atomic mass is 9.72. The van der Waals surface area contributed by atoms with Gasteiger partial charge >= 0.3 is 0 Å². The number of sulfonamides is 1. The quantitative estimate of drug-likeness (QED) is 0.0797. The average molecular weight is 989 g/mol. The van der Waals surface area contributed by atoms with Crippen molar-refractivity contribution in [3.05, 3.63) is 111 Å². The van der Waals surface area contributed by atoms with Crippen LogP contribution in [-0.4, -0.2) is 116 Å². The Hall–Kier alpha value is -5.60. The van der Waals surface area contributed by atoms with Crippen LogP contribution in [0.3, 0.4) is 0 Å². The molecular formula is C48H55ClFN9O7S2. The summed E-state index contributed by atoms with van der Waals surface area (Å²) in [5, 5.41) is 16.7. The number of H-pyrrole nitrogens is 1. The number of aromatic nitrogens is 2. The van der Waals surface area contributed by atoms with Crippen LogP contribution in [0.15, 0.2) is 98.9 Å². The van der Waals surface area contributed by atoms with Crippen LogP contribution in [0.25, 0.3) is 16.6 Å². The molecule has 3 N–H and O–H groups in total. The van der Waals surface area contributed by atoms with Crippen molar-refractivity contribution in [2.24, 2.45) is 9.78 Å². The van der Waals surface area contributed by atoms with Crippen molar-refractivity contribution in [1.82, 2.24) is 19.6 Å². The highest BCUT2D eigenvalue weighted by Crippen LogP contribution is 2.44. The van der Waals surface area contributed by atoms with E-state index in [2.05, 4.69) is 55.2 Å². The Balaban J connectivity index is 1.01. The second-order valence-corrected chi connectivity index (χ2v) is 23.3. The molecule has 0 bridgehead atoms. The van der Waals surface area contributed by atoms with Gasteiger partial charge in [0.2, 0.25) is 0 Å². The summed E-state index contributed by atoms with van der Waals surface area (Å²) in [4.78, 5) is 39.7. The summed E-state index contributed by atoms with van der Waals surface area (Å²) in [6.45, 7) is 8.80. The number of carbonyl (C=O) groups is 1. The van der Waals surface area contributed by atoms with E-state index in [9.17, 15) is 27.5 Å². The summed E-state index contributed by atoms with van der Waals surface area (Å²) in [6.07, 6.45) is 5.06. The van der Waals surface area contributed by atoms with E-state index in [-0.39, 0.29) is 66.6 Å². The van der Waals surface area contributed by atoms with Gasteiger partial charge in [-0.15, -0.1) is 0 Å². The molecule has 5 aromatic rings. The molecule has 9 rings (SSSR count). The Labute approximate surface area is 400 Å². The van der Waals surface area contributed by atoms with Gasteiger partial charge < -0.3 is 24.8 Å². The SMILES string of the molecule is CN=S1(=O)CCN(c2cc(N3CCN(CC4=C(c5ccc(Cl)cc5)CC(C)(C)CC4)CC3)ccc2C(=O)NS(=O)(=O)c2ccc(NCC3(F)CCOCC3)c([N+](=O)[O-])c2)c2cc3cc[nH]c3nc21. The lowest BCUT2D eigenvalue weighted by Gasteiger charge is -2.40. The maximum Gasteiger partial charge on any atom is 0.293 e. The maximum atomic E-state index is 15.3. The lowest BCUT2D eigenvalue weighted by Crippen LogP contribution is -2.47. The van der Waals surface area contributed by atoms with Crippen LogP contribution in [0.4, 0.5) is 32.8 Å². The molecule has 4 aliphatic rings. The number of amides is 1. The molecule has 360 valence electrons. The minimum absolute atomic E-state index is 0.00251. The summed E-state index contributed by atoms with van der Waals surface area (Å²) in [7, 11) is -6.17. The summed E-state index contributed by atoms with van der Waals surface area (Å²) >= 11 is 6.27. The van der Waals surface area contributed by atoms with E-state index in [1.165, 1.54) is 29.8 Å². The third-order valence-corrected chi connectivity index (χ3v) is 17.5. The van der Waals surface area contributed by atoms with Crippen molar-refractivity contribution in [3.63, 3.8) is 0 Å². The van der Waals surface area contributed by atoms with Crippen LogP contribution in [0.2, 0.25) is 5.02 Å². The zero-order valence-corrected chi connectivity index (χ0v) is 40.6. The Morgan fingerprint density at radius 1 is 1.00 bits per heavy atom. The predicted octanol–water partition coefficient (Wildman–Crippen LogP) is 8.57. The van der Waals surface area contributed by atoms with Gasteiger partial charge in [-0.1, -0.05) is 43.2 Å². The topological polar surface area (TPSA) is 195 Å². The highest BCUT2D eigenvalue weighted by Gasteiger charge is 2.36. The van der Waals surface area contributed by atoms with Gasteiger partial charge in [0.05, 0.1) is 42.2 Å². The number of nitro groups is 1. The van der Waals surface area contributed by atoms with Crippen LogP contribution in [-0.2, 0) is 24.5 Å². The molecule has 2 fully saturated rings. The van der Waals surface area contributed by atoms with E-state index in [0.717, 1.165) is 62.1 Å². The maximum absolute atomic E-state index is 15.3. The number of hydrogen-bond donors (Lipinski definition) is 3. The van der Waals surface area contributed by atoms with Gasteiger partial charge in [0.15, 0.2) is 5.03 Å². The molecule has 1 amide bonds. The van der Waals surface area contributed by atoms with Gasteiger partial charge in [0.1, 0.15) is 17.0 Å². The van der Waals surface area contributed by atoms with E-state index in [0.29, 0.717) is 35.1 Å². The van der Waals surface area contributed by atoms with Gasteiger partial charge in [-0.05, 0) is 90.4 Å². The molecule has 68 heavy (non-hydrogen) atoms. The number of benzene rings is 3. The van der Waals surface area contributed by atoms with Gasteiger partial charge in [0.25, 0.3) is 21.6 Å². The zero-order chi connectivity index (χ0) is 48.0. The molecule has 2 aromatic heterocycles. The first-order valence-corrected chi connectivity index (χ1v) is 26.3. The van der Waals surface area contributed by atoms with Crippen molar-refractivity contribution in [2.45, 2.75) is 61.5 Å². The van der Waals surface area contributed by atoms with Crippen molar-refractivity contribution in [1.29, 1.82) is 0 Å². The Kier molecular flexibility index (Phi) is 13.1. The number of piperazine rings is 1. The molecule has 5 heterocycles. The molecule has 0 saturated carbocycles. The number of pyridine rings is 1. The average Bonchev–Trinajstić information content (AvgIpc) is 3.79. The predicted molar refractivity (Wildman–Crippen MR) is 264 cm³/mol. The second-order valence-electron chi connectivity index (χ2n) is 18.8. The second kappa shape index (κ2) is 18.7. The Morgan fingerprint density at radius 2 is 1.75 bits per heavy atom. The number of nitrogens with zero attached hydrogens (tertiary/aromatic N) is 6. The summed E-state index contributed by atoms with van der Waals surface area (Å²) in [5.74, 6) is -0.894. The molecule has 1 unspecified atom stereocenters. The molecule has 1 aliphatic carbocycles. The van der Waals surface area contributed by atoms with E-state index in [1.54, 1.807) is 18.3 Å². The fraction of sp³-hybridized carbons (Fsp3) is 0.417. The molecular weight excluding hydrogens is 933 g/mol. The number of aromatic amines is 1. The summed E-state index contributed by atoms with van der Waals surface area (Å²) in [5.41, 5.74) is 4.07. The number of alkyl halides is 1. The molecule has 0 spiro atoms. The van der Waals surface area contributed by atoms with E-state index >= 15 is 4.39 Å². The fourth-order valence-corrected chi connectivity index (χ4v) is 12.5. The highest BCUT2D eigenvalue weighted by molar-refractivity contribution is 7.93. The number of ether oxygens (including phenoxy) is 1. The zero-order valence-electron chi connectivity index (χ0n) is 38.2. The van der Waals surface area contributed by atoms with Gasteiger partial charge in [-0.25, -0.2) is 31.1 Å². The van der Waals surface area contributed by atoms with Gasteiger partial charge in [-0.3, -0.25) is 19.8 Å². The van der Waals surface area contributed by atoms with Gasteiger partial charge in [0, 0.05) is 107 Å². The molecule has 0 radical (unpaired) electrons. The number of hydrogen-bond acceptors (Lipinski definition) is 13. The normalized spacial score (nSPS) is 20.8. The third-order valence-electron chi connectivity index (χ3n) is 13.7. The third kappa shape index (κ3) is 9.81. The van der Waals surface area contributed by atoms with Gasteiger partial charge in [-0.2, -0.15) is 0 Å². The Bertz CT molecular complexity index is 3050. The number of allylic oxidation sites excluding steroid dienone is 1. The van der Waals surface area contributed by atoms with Crippen molar-refractivity contribution in [2.75, 3.05) is 86.9 Å². The Morgan fingerprint density at radius 3 is 2.47 bits per heavy atom. The molecule has 2 saturated heterocycles. The number of anilines is 4. The molecule has 20 heteroatoms. The van der Waals surface area contributed by atoms with E-state index < -0.39 is 46.8 Å². The van der Waals surface area contributed by atoms with Crippen LogP contribution in [0, 0.1) is 15.5 Å². The largest absolute Gasteiger partial charge is 0.381 e. The minimum atomic E-state index is -4.70. The smallest absolute Gasteiger partial charge is 0.293 e. The lowest BCUT2D eigenvalue weighted by molar-refractivity contribution is -0.384. The van der Waals surface area contributed by atoms with Crippen LogP contribution in [0.1, 0.15) is 61.9 Å². The van der Waals surface area contributed by atoms with Crippen LogP contribution in [0.5, 0.6) is 0 Å². The number of halogens is 2. The summed E-state index contributed by atoms with van der Waals surface area (Å²) < 4.78 is 69.2. The van der Waals surface area contributed by atoms with Crippen molar-refractivity contribution < 1.29 is 31.5 Å². The van der Waals surface area contributed by atoms with Crippen molar-refractivity contribution in [3.8, 4) is 0 Å². The van der Waals surface area contributed by atoms with E-state index in [1.807, 2.05) is 35.2 Å². The first kappa shape index (κ1) is 47.5. The molecule has 16 nitrogen and oxygen atoms in total. The number of nitrogens with one attached hydrogen (secondary N) is 3. The fourth-order valence-electron chi connectivity index (χ4n) is 9.65. The molecule has 1 atom stereocenters. The number of carbonyl (C=O) groups excluding carboxylic acids is 1.